The average Bonchev–Trinajstić information content (AvgIpc) is 2.56. The minimum absolute atomic E-state index is 0.558. The minimum Gasteiger partial charge on any atom is -0.0625 e. The third-order valence-electron chi connectivity index (χ3n) is 5.23. The van der Waals surface area contributed by atoms with Crippen LogP contribution in [-0.4, -0.2) is 0 Å². The largest absolute Gasteiger partial charge is 0.0625 e. The van der Waals surface area contributed by atoms with Gasteiger partial charge in [-0.05, 0) is 47.6 Å². The SMILES string of the molecule is CC(C)C(C)CCC(c1ccccc1)C(C)c1ccccc1. The molecule has 0 aliphatic carbocycles. The summed E-state index contributed by atoms with van der Waals surface area (Å²) in [5, 5.41) is 0. The summed E-state index contributed by atoms with van der Waals surface area (Å²) in [6.45, 7) is 9.44. The quantitative estimate of drug-likeness (QED) is 0.536. The van der Waals surface area contributed by atoms with E-state index >= 15 is 0 Å². The summed E-state index contributed by atoms with van der Waals surface area (Å²) in [5.41, 5.74) is 2.93. The molecule has 0 heteroatoms. The van der Waals surface area contributed by atoms with E-state index < -0.39 is 0 Å². The molecule has 0 saturated carbocycles. The van der Waals surface area contributed by atoms with Crippen molar-refractivity contribution in [2.24, 2.45) is 11.8 Å². The smallest absolute Gasteiger partial charge is 0.00956 e. The molecule has 0 saturated heterocycles. The van der Waals surface area contributed by atoms with Crippen LogP contribution in [-0.2, 0) is 0 Å². The summed E-state index contributed by atoms with van der Waals surface area (Å²) in [4.78, 5) is 0. The Kier molecular flexibility index (Phi) is 6.24. The molecule has 3 atom stereocenters. The van der Waals surface area contributed by atoms with Crippen LogP contribution in [0.25, 0.3) is 0 Å². The predicted molar refractivity (Wildman–Crippen MR) is 97.3 cm³/mol. The van der Waals surface area contributed by atoms with Gasteiger partial charge in [-0.3, -0.25) is 0 Å². The Hall–Kier alpha value is -1.56. The number of hydrogen-bond donors (Lipinski definition) is 0. The summed E-state index contributed by atoms with van der Waals surface area (Å²) < 4.78 is 0. The fourth-order valence-corrected chi connectivity index (χ4v) is 3.17. The molecule has 2 aromatic rings. The predicted octanol–water partition coefficient (Wildman–Crippen LogP) is 6.65. The van der Waals surface area contributed by atoms with Gasteiger partial charge in [-0.1, -0.05) is 88.4 Å². The van der Waals surface area contributed by atoms with E-state index in [1.165, 1.54) is 24.0 Å². The van der Waals surface area contributed by atoms with Gasteiger partial charge >= 0.3 is 0 Å². The Balaban J connectivity index is 2.18. The third-order valence-corrected chi connectivity index (χ3v) is 5.23. The van der Waals surface area contributed by atoms with Gasteiger partial charge in [-0.2, -0.15) is 0 Å². The summed E-state index contributed by atoms with van der Waals surface area (Å²) in [6, 6.07) is 22.0. The van der Waals surface area contributed by atoms with Crippen LogP contribution < -0.4 is 0 Å². The third kappa shape index (κ3) is 4.47. The van der Waals surface area contributed by atoms with Gasteiger partial charge < -0.3 is 0 Å². The first-order chi connectivity index (χ1) is 10.6. The topological polar surface area (TPSA) is 0 Å². The minimum atomic E-state index is 0.558. The van der Waals surface area contributed by atoms with E-state index in [0.717, 1.165) is 11.8 Å². The highest BCUT2D eigenvalue weighted by Gasteiger charge is 2.22. The molecule has 0 radical (unpaired) electrons. The zero-order chi connectivity index (χ0) is 15.9. The Labute approximate surface area is 136 Å². The standard InChI is InChI=1S/C22H30/c1-17(2)18(3)15-16-22(21-13-9-6-10-14-21)19(4)20-11-7-5-8-12-20/h5-14,17-19,22H,15-16H2,1-4H3. The number of benzene rings is 2. The maximum absolute atomic E-state index is 2.39. The second kappa shape index (κ2) is 8.17. The Morgan fingerprint density at radius 1 is 0.636 bits per heavy atom. The first-order valence-corrected chi connectivity index (χ1v) is 8.69. The Bertz CT molecular complexity index is 526. The number of hydrogen-bond acceptors (Lipinski definition) is 0. The van der Waals surface area contributed by atoms with E-state index in [0.29, 0.717) is 11.8 Å². The zero-order valence-corrected chi connectivity index (χ0v) is 14.5. The molecule has 0 N–H and O–H groups in total. The molecule has 0 heterocycles. The van der Waals surface area contributed by atoms with E-state index in [2.05, 4.69) is 88.4 Å². The van der Waals surface area contributed by atoms with Crippen molar-refractivity contribution in [1.82, 2.24) is 0 Å². The van der Waals surface area contributed by atoms with E-state index in [-0.39, 0.29) is 0 Å². The lowest BCUT2D eigenvalue weighted by molar-refractivity contribution is 0.357. The van der Waals surface area contributed by atoms with Gasteiger partial charge in [0.05, 0.1) is 0 Å². The molecule has 2 rings (SSSR count). The van der Waals surface area contributed by atoms with E-state index in [1.807, 2.05) is 0 Å². The molecule has 22 heavy (non-hydrogen) atoms. The van der Waals surface area contributed by atoms with Crippen molar-refractivity contribution >= 4 is 0 Å². The molecule has 3 unspecified atom stereocenters. The van der Waals surface area contributed by atoms with Gasteiger partial charge in [0.25, 0.3) is 0 Å². The lowest BCUT2D eigenvalue weighted by Gasteiger charge is -2.27. The maximum Gasteiger partial charge on any atom is -0.00956 e. The van der Waals surface area contributed by atoms with Gasteiger partial charge in [0.2, 0.25) is 0 Å². The lowest BCUT2D eigenvalue weighted by Crippen LogP contribution is -2.12. The van der Waals surface area contributed by atoms with Crippen molar-refractivity contribution in [3.63, 3.8) is 0 Å². The molecule has 0 fully saturated rings. The van der Waals surface area contributed by atoms with Crippen molar-refractivity contribution < 1.29 is 0 Å². The van der Waals surface area contributed by atoms with E-state index in [1.54, 1.807) is 0 Å². The monoisotopic (exact) mass is 294 g/mol. The van der Waals surface area contributed by atoms with Crippen LogP contribution >= 0.6 is 0 Å². The van der Waals surface area contributed by atoms with Gasteiger partial charge in [-0.25, -0.2) is 0 Å². The lowest BCUT2D eigenvalue weighted by atomic mass is 9.78. The fraction of sp³-hybridized carbons (Fsp3) is 0.455. The summed E-state index contributed by atoms with van der Waals surface area (Å²) >= 11 is 0. The molecule has 118 valence electrons. The highest BCUT2D eigenvalue weighted by molar-refractivity contribution is 5.28. The van der Waals surface area contributed by atoms with Crippen molar-refractivity contribution in [3.05, 3.63) is 71.8 Å². The van der Waals surface area contributed by atoms with Crippen LogP contribution in [0.4, 0.5) is 0 Å². The first kappa shape index (κ1) is 16.8. The van der Waals surface area contributed by atoms with Crippen LogP contribution in [0, 0.1) is 11.8 Å². The van der Waals surface area contributed by atoms with Crippen LogP contribution in [0.15, 0.2) is 60.7 Å². The molecule has 0 aliphatic rings. The first-order valence-electron chi connectivity index (χ1n) is 8.69. The van der Waals surface area contributed by atoms with Gasteiger partial charge in [0.1, 0.15) is 0 Å². The van der Waals surface area contributed by atoms with Crippen LogP contribution in [0.2, 0.25) is 0 Å². The van der Waals surface area contributed by atoms with Gasteiger partial charge in [0.15, 0.2) is 0 Å². The van der Waals surface area contributed by atoms with Crippen LogP contribution in [0.5, 0.6) is 0 Å². The molecule has 0 aromatic heterocycles. The molecule has 0 bridgehead atoms. The fourth-order valence-electron chi connectivity index (χ4n) is 3.17. The molecule has 2 aromatic carbocycles. The molecule has 0 aliphatic heterocycles. The van der Waals surface area contributed by atoms with Gasteiger partial charge in [-0.15, -0.1) is 0 Å². The van der Waals surface area contributed by atoms with E-state index in [4.69, 9.17) is 0 Å². The van der Waals surface area contributed by atoms with E-state index in [9.17, 15) is 0 Å². The molecule has 0 nitrogen and oxygen atoms in total. The van der Waals surface area contributed by atoms with Gasteiger partial charge in [0, 0.05) is 0 Å². The normalized spacial score (nSPS) is 15.5. The Morgan fingerprint density at radius 2 is 1.14 bits per heavy atom. The maximum atomic E-state index is 2.39. The molecular weight excluding hydrogens is 264 g/mol. The Morgan fingerprint density at radius 3 is 1.64 bits per heavy atom. The summed E-state index contributed by atoms with van der Waals surface area (Å²) in [5.74, 6) is 2.71. The highest BCUT2D eigenvalue weighted by Crippen LogP contribution is 2.37. The number of rotatable bonds is 7. The van der Waals surface area contributed by atoms with Crippen molar-refractivity contribution in [3.8, 4) is 0 Å². The molecular formula is C22H30. The summed E-state index contributed by atoms with van der Waals surface area (Å²) in [6.07, 6.45) is 2.56. The summed E-state index contributed by atoms with van der Waals surface area (Å²) in [7, 11) is 0. The van der Waals surface area contributed by atoms with Crippen molar-refractivity contribution in [2.45, 2.75) is 52.4 Å². The second-order valence-electron chi connectivity index (χ2n) is 7.02. The molecule has 0 amide bonds. The molecule has 0 spiro atoms. The van der Waals surface area contributed by atoms with Crippen molar-refractivity contribution in [2.75, 3.05) is 0 Å². The zero-order valence-electron chi connectivity index (χ0n) is 14.5. The van der Waals surface area contributed by atoms with Crippen molar-refractivity contribution in [1.29, 1.82) is 0 Å². The van der Waals surface area contributed by atoms with Crippen LogP contribution in [0.3, 0.4) is 0 Å². The second-order valence-corrected chi connectivity index (χ2v) is 7.02. The van der Waals surface area contributed by atoms with Crippen LogP contribution in [0.1, 0.15) is 63.5 Å². The average molecular weight is 294 g/mol. The highest BCUT2D eigenvalue weighted by atomic mass is 14.3.